The molecule has 1 saturated heterocycles. The lowest BCUT2D eigenvalue weighted by atomic mass is 9.94. The molecule has 1 aliphatic rings. The molecule has 2 aromatic rings. The minimum absolute atomic E-state index is 0.0809. The molecular weight excluding hydrogens is 568 g/mol. The molecule has 0 spiro atoms. The fraction of sp³-hybridized carbons (Fsp3) is 0.562. The first-order chi connectivity index (χ1) is 20.3. The van der Waals surface area contributed by atoms with Gasteiger partial charge in [0.1, 0.15) is 11.8 Å². The van der Waals surface area contributed by atoms with E-state index in [9.17, 15) is 23.1 Å². The first-order valence-corrected chi connectivity index (χ1v) is 16.7. The van der Waals surface area contributed by atoms with Crippen molar-refractivity contribution in [1.29, 1.82) is 0 Å². The number of aliphatic hydroxyl groups is 1. The zero-order valence-electron chi connectivity index (χ0n) is 26.1. The summed E-state index contributed by atoms with van der Waals surface area (Å²) < 4.78 is 31.4. The summed E-state index contributed by atoms with van der Waals surface area (Å²) in [4.78, 5) is 28.8. The second-order valence-corrected chi connectivity index (χ2v) is 14.1. The Morgan fingerprint density at radius 1 is 1.05 bits per heavy atom. The Labute approximate surface area is 256 Å². The number of rotatable bonds is 16. The highest BCUT2D eigenvalue weighted by atomic mass is 32.2. The van der Waals surface area contributed by atoms with Crippen LogP contribution in [0.4, 0.5) is 0 Å². The van der Waals surface area contributed by atoms with Crippen molar-refractivity contribution in [2.45, 2.75) is 75.6 Å². The van der Waals surface area contributed by atoms with Crippen LogP contribution in [0, 0.1) is 5.92 Å². The molecule has 4 N–H and O–H groups in total. The molecular formula is C32H48N4O6S. The Morgan fingerprint density at radius 3 is 2.23 bits per heavy atom. The summed E-state index contributed by atoms with van der Waals surface area (Å²) in [5.74, 6) is -0.712. The molecule has 1 fully saturated rings. The number of likely N-dealkylation sites (tertiary alicyclic amines) is 1. The molecule has 0 bridgehead atoms. The van der Waals surface area contributed by atoms with E-state index < -0.39 is 32.9 Å². The molecule has 0 radical (unpaired) electrons. The van der Waals surface area contributed by atoms with Gasteiger partial charge in [0, 0.05) is 13.0 Å². The second-order valence-electron chi connectivity index (χ2n) is 12.1. The van der Waals surface area contributed by atoms with Gasteiger partial charge in [-0.15, -0.1) is 0 Å². The number of hydrogen-bond acceptors (Lipinski definition) is 8. The highest BCUT2D eigenvalue weighted by Crippen LogP contribution is 2.22. The van der Waals surface area contributed by atoms with Gasteiger partial charge in [-0.2, -0.15) is 0 Å². The fourth-order valence-electron chi connectivity index (χ4n) is 5.33. The van der Waals surface area contributed by atoms with Crippen LogP contribution in [0.15, 0.2) is 59.5 Å². The van der Waals surface area contributed by atoms with Gasteiger partial charge in [-0.3, -0.25) is 19.8 Å². The number of benzene rings is 2. The molecule has 0 aliphatic carbocycles. The summed E-state index contributed by atoms with van der Waals surface area (Å²) in [6.45, 7) is 9.03. The number of hydrogen-bond donors (Lipinski definition) is 4. The zero-order chi connectivity index (χ0) is 31.7. The van der Waals surface area contributed by atoms with Crippen molar-refractivity contribution < 1.29 is 27.9 Å². The molecule has 238 valence electrons. The Bertz CT molecular complexity index is 1290. The van der Waals surface area contributed by atoms with Crippen molar-refractivity contribution in [1.82, 2.24) is 20.9 Å². The van der Waals surface area contributed by atoms with Gasteiger partial charge >= 0.3 is 0 Å². The number of carbonyl (C=O) groups is 2. The summed E-state index contributed by atoms with van der Waals surface area (Å²) in [7, 11) is -2.33. The monoisotopic (exact) mass is 616 g/mol. The van der Waals surface area contributed by atoms with Crippen LogP contribution in [0.3, 0.4) is 0 Å². The molecule has 1 unspecified atom stereocenters. The lowest BCUT2D eigenvalue weighted by molar-refractivity contribution is -0.132. The third-order valence-electron chi connectivity index (χ3n) is 7.87. The molecule has 11 heteroatoms. The van der Waals surface area contributed by atoms with Crippen LogP contribution in [0.2, 0.25) is 0 Å². The smallest absolute Gasteiger partial charge is 0.244 e. The number of sulfone groups is 1. The highest BCUT2D eigenvalue weighted by Gasteiger charge is 2.38. The van der Waals surface area contributed by atoms with E-state index >= 15 is 0 Å². The molecule has 2 aromatic carbocycles. The summed E-state index contributed by atoms with van der Waals surface area (Å²) >= 11 is 0. The number of nitrogens with one attached hydrogen (secondary N) is 3. The van der Waals surface area contributed by atoms with E-state index in [0.29, 0.717) is 18.6 Å². The molecule has 2 amide bonds. The van der Waals surface area contributed by atoms with Crippen molar-refractivity contribution in [3.8, 4) is 5.75 Å². The van der Waals surface area contributed by atoms with Crippen LogP contribution >= 0.6 is 0 Å². The Kier molecular flexibility index (Phi) is 12.1. The normalized spacial score (nSPS) is 17.6. The van der Waals surface area contributed by atoms with Gasteiger partial charge in [0.25, 0.3) is 0 Å². The van der Waals surface area contributed by atoms with E-state index in [4.69, 9.17) is 4.74 Å². The molecule has 43 heavy (non-hydrogen) atoms. The largest absolute Gasteiger partial charge is 0.497 e. The average Bonchev–Trinajstić information content (AvgIpc) is 3.47. The van der Waals surface area contributed by atoms with Gasteiger partial charge in [-0.25, -0.2) is 8.42 Å². The van der Waals surface area contributed by atoms with Crippen molar-refractivity contribution in [3.05, 3.63) is 60.2 Å². The first-order valence-electron chi connectivity index (χ1n) is 15.0. The molecule has 10 nitrogen and oxygen atoms in total. The average molecular weight is 617 g/mol. The molecule has 0 saturated carbocycles. The standard InChI is InChI=1S/C32H48N4O6S/c1-6-32(20-25-12-8-7-9-13-25,35-30(38)29(24(2)3)34-28(37)21-36-18-10-11-19-36)33-22-31(4,39)23-43(40,41)27-16-14-26(42-5)15-17-27/h7-9,12-17,24,29,33,39H,6,10-11,18-23H2,1-5H3,(H,34,37)(H,35,38)/t29-,31+,32?/m0/s1. The van der Waals surface area contributed by atoms with Crippen LogP contribution in [0.1, 0.15) is 52.5 Å². The lowest BCUT2D eigenvalue weighted by Crippen LogP contribution is -2.66. The molecule has 3 rings (SSSR count). The summed E-state index contributed by atoms with van der Waals surface area (Å²) in [5.41, 5.74) is -1.75. The van der Waals surface area contributed by atoms with Crippen LogP contribution in [0.5, 0.6) is 5.75 Å². The SMILES string of the molecule is CCC(Cc1ccccc1)(NC[C@@](C)(O)CS(=O)(=O)c1ccc(OC)cc1)NC(=O)[C@@H](NC(=O)CN1CCCC1)C(C)C. The maximum absolute atomic E-state index is 13.8. The Morgan fingerprint density at radius 2 is 1.67 bits per heavy atom. The molecule has 1 heterocycles. The summed E-state index contributed by atoms with van der Waals surface area (Å²) in [6, 6.07) is 14.9. The zero-order valence-corrected chi connectivity index (χ0v) is 26.9. The van der Waals surface area contributed by atoms with Gasteiger partial charge in [-0.1, -0.05) is 51.1 Å². The van der Waals surface area contributed by atoms with E-state index in [1.165, 1.54) is 26.2 Å². The van der Waals surface area contributed by atoms with Crippen LogP contribution in [-0.2, 0) is 25.8 Å². The first kappa shape index (κ1) is 34.5. The summed E-state index contributed by atoms with van der Waals surface area (Å²) in [6.07, 6.45) is 2.94. The highest BCUT2D eigenvalue weighted by molar-refractivity contribution is 7.91. The van der Waals surface area contributed by atoms with E-state index in [1.807, 2.05) is 51.1 Å². The predicted molar refractivity (Wildman–Crippen MR) is 167 cm³/mol. The predicted octanol–water partition coefficient (Wildman–Crippen LogP) is 2.51. The minimum Gasteiger partial charge on any atom is -0.497 e. The fourth-order valence-corrected chi connectivity index (χ4v) is 6.97. The van der Waals surface area contributed by atoms with E-state index in [1.54, 1.807) is 12.1 Å². The number of amides is 2. The summed E-state index contributed by atoms with van der Waals surface area (Å²) in [5, 5.41) is 20.7. The van der Waals surface area contributed by atoms with Crippen LogP contribution in [-0.4, -0.2) is 86.6 Å². The van der Waals surface area contributed by atoms with Crippen LogP contribution < -0.4 is 20.7 Å². The molecule has 0 aromatic heterocycles. The molecule has 1 aliphatic heterocycles. The topological polar surface area (TPSA) is 137 Å². The minimum atomic E-state index is -3.83. The number of carbonyl (C=O) groups excluding carboxylic acids is 2. The lowest BCUT2D eigenvalue weighted by Gasteiger charge is -2.39. The maximum atomic E-state index is 13.8. The number of methoxy groups -OCH3 is 1. The quantitative estimate of drug-likeness (QED) is 0.211. The van der Waals surface area contributed by atoms with Crippen molar-refractivity contribution >= 4 is 21.7 Å². The van der Waals surface area contributed by atoms with Crippen molar-refractivity contribution in [2.24, 2.45) is 5.92 Å². The van der Waals surface area contributed by atoms with E-state index in [0.717, 1.165) is 31.5 Å². The second kappa shape index (κ2) is 15.1. The third kappa shape index (κ3) is 10.3. The van der Waals surface area contributed by atoms with E-state index in [2.05, 4.69) is 20.9 Å². The number of nitrogens with zero attached hydrogens (tertiary/aromatic N) is 1. The van der Waals surface area contributed by atoms with Gasteiger partial charge < -0.3 is 20.5 Å². The molecule has 3 atom stereocenters. The Hall–Kier alpha value is -2.99. The Balaban J connectivity index is 1.78. The third-order valence-corrected chi connectivity index (χ3v) is 9.87. The van der Waals surface area contributed by atoms with Crippen LogP contribution in [0.25, 0.3) is 0 Å². The van der Waals surface area contributed by atoms with Crippen molar-refractivity contribution in [2.75, 3.05) is 39.0 Å². The van der Waals surface area contributed by atoms with Crippen molar-refractivity contribution in [3.63, 3.8) is 0 Å². The van der Waals surface area contributed by atoms with Gasteiger partial charge in [0.15, 0.2) is 9.84 Å². The van der Waals surface area contributed by atoms with Gasteiger partial charge in [0.05, 0.1) is 35.6 Å². The van der Waals surface area contributed by atoms with Gasteiger partial charge in [0.2, 0.25) is 11.8 Å². The van der Waals surface area contributed by atoms with Gasteiger partial charge in [-0.05, 0) is 75.0 Å². The maximum Gasteiger partial charge on any atom is 0.244 e. The number of ether oxygens (including phenoxy) is 1. The van der Waals surface area contributed by atoms with E-state index in [-0.39, 0.29) is 35.7 Å².